The Morgan fingerprint density at radius 2 is 2.04 bits per heavy atom. The third-order valence-electron chi connectivity index (χ3n) is 4.16. The summed E-state index contributed by atoms with van der Waals surface area (Å²) in [7, 11) is 0. The summed E-state index contributed by atoms with van der Waals surface area (Å²) in [6, 6.07) is 3.76. The van der Waals surface area contributed by atoms with Gasteiger partial charge in [0.05, 0.1) is 32.0 Å². The maximum absolute atomic E-state index is 5.98. The molecule has 1 aliphatic rings. The fourth-order valence-electron chi connectivity index (χ4n) is 2.90. The molecule has 2 N–H and O–H groups in total. The standard InChI is InChI=1S/C19H32N4O2/c1-2-21-19(23-13-15-25-18-10-7-11-20-16-18)22-12-14-24-17-8-5-3-4-6-9-17/h7,10-11,16-17H,2-6,8-9,12-15H2,1H3,(H2,21,22,23). The summed E-state index contributed by atoms with van der Waals surface area (Å²) in [5.74, 6) is 1.59. The summed E-state index contributed by atoms with van der Waals surface area (Å²) in [6.07, 6.45) is 11.6. The van der Waals surface area contributed by atoms with Crippen LogP contribution in [0, 0.1) is 0 Å². The van der Waals surface area contributed by atoms with E-state index in [1.54, 1.807) is 12.4 Å². The van der Waals surface area contributed by atoms with Gasteiger partial charge < -0.3 is 20.1 Å². The van der Waals surface area contributed by atoms with Gasteiger partial charge in [0, 0.05) is 12.7 Å². The number of pyridine rings is 1. The minimum atomic E-state index is 0.432. The Morgan fingerprint density at radius 1 is 1.20 bits per heavy atom. The van der Waals surface area contributed by atoms with Crippen molar-refractivity contribution in [2.24, 2.45) is 4.99 Å². The lowest BCUT2D eigenvalue weighted by atomic mass is 10.1. The highest BCUT2D eigenvalue weighted by molar-refractivity contribution is 5.79. The Kier molecular flexibility index (Phi) is 9.77. The fraction of sp³-hybridized carbons (Fsp3) is 0.684. The quantitative estimate of drug-likeness (QED) is 0.311. The van der Waals surface area contributed by atoms with Gasteiger partial charge in [0.15, 0.2) is 5.96 Å². The molecule has 0 atom stereocenters. The van der Waals surface area contributed by atoms with Gasteiger partial charge in [-0.3, -0.25) is 9.98 Å². The second kappa shape index (κ2) is 12.5. The zero-order valence-corrected chi connectivity index (χ0v) is 15.4. The molecule has 140 valence electrons. The molecule has 0 spiro atoms. The van der Waals surface area contributed by atoms with Crippen LogP contribution in [0.1, 0.15) is 45.4 Å². The van der Waals surface area contributed by atoms with Crippen molar-refractivity contribution in [2.75, 3.05) is 32.8 Å². The van der Waals surface area contributed by atoms with Crippen molar-refractivity contribution in [3.8, 4) is 5.75 Å². The average Bonchev–Trinajstić information content (AvgIpc) is 2.92. The number of ether oxygens (including phenoxy) is 2. The monoisotopic (exact) mass is 348 g/mol. The van der Waals surface area contributed by atoms with Crippen molar-refractivity contribution in [1.82, 2.24) is 15.6 Å². The molecule has 0 radical (unpaired) electrons. The molecule has 2 rings (SSSR count). The molecule has 0 unspecified atom stereocenters. The van der Waals surface area contributed by atoms with E-state index in [0.29, 0.717) is 32.4 Å². The van der Waals surface area contributed by atoms with Crippen LogP contribution in [0.4, 0.5) is 0 Å². The van der Waals surface area contributed by atoms with E-state index in [9.17, 15) is 0 Å². The molecule has 1 heterocycles. The van der Waals surface area contributed by atoms with Crippen LogP contribution in [0.25, 0.3) is 0 Å². The van der Waals surface area contributed by atoms with Gasteiger partial charge in [0.2, 0.25) is 0 Å². The SMILES string of the molecule is CCNC(=NCCOC1CCCCCC1)NCCOc1cccnc1. The van der Waals surface area contributed by atoms with Crippen molar-refractivity contribution in [1.29, 1.82) is 0 Å². The summed E-state index contributed by atoms with van der Waals surface area (Å²) in [5.41, 5.74) is 0. The van der Waals surface area contributed by atoms with Crippen molar-refractivity contribution in [3.05, 3.63) is 24.5 Å². The van der Waals surface area contributed by atoms with E-state index in [0.717, 1.165) is 18.3 Å². The molecular formula is C19H32N4O2. The second-order valence-corrected chi connectivity index (χ2v) is 6.21. The van der Waals surface area contributed by atoms with Gasteiger partial charge in [-0.15, -0.1) is 0 Å². The van der Waals surface area contributed by atoms with E-state index in [4.69, 9.17) is 9.47 Å². The minimum absolute atomic E-state index is 0.432. The highest BCUT2D eigenvalue weighted by Gasteiger charge is 2.11. The van der Waals surface area contributed by atoms with Crippen molar-refractivity contribution in [2.45, 2.75) is 51.6 Å². The van der Waals surface area contributed by atoms with Crippen LogP contribution < -0.4 is 15.4 Å². The molecule has 0 aromatic carbocycles. The van der Waals surface area contributed by atoms with Gasteiger partial charge in [-0.2, -0.15) is 0 Å². The first-order chi connectivity index (χ1) is 12.4. The molecule has 1 fully saturated rings. The van der Waals surface area contributed by atoms with Crippen LogP contribution in [0.5, 0.6) is 5.75 Å². The van der Waals surface area contributed by atoms with Crippen LogP contribution in [-0.2, 0) is 4.74 Å². The third-order valence-corrected chi connectivity index (χ3v) is 4.16. The van der Waals surface area contributed by atoms with Gasteiger partial charge >= 0.3 is 0 Å². The van der Waals surface area contributed by atoms with Gasteiger partial charge in [-0.05, 0) is 31.9 Å². The maximum atomic E-state index is 5.98. The van der Waals surface area contributed by atoms with Crippen LogP contribution in [-0.4, -0.2) is 49.9 Å². The van der Waals surface area contributed by atoms with Crippen LogP contribution in [0.15, 0.2) is 29.5 Å². The Labute approximate surface area is 151 Å². The van der Waals surface area contributed by atoms with Crippen LogP contribution >= 0.6 is 0 Å². The Hall–Kier alpha value is -1.82. The molecule has 6 heteroatoms. The zero-order chi connectivity index (χ0) is 17.6. The highest BCUT2D eigenvalue weighted by atomic mass is 16.5. The summed E-state index contributed by atoms with van der Waals surface area (Å²) in [6.45, 7) is 5.51. The number of guanidine groups is 1. The van der Waals surface area contributed by atoms with E-state index in [-0.39, 0.29) is 0 Å². The maximum Gasteiger partial charge on any atom is 0.191 e. The summed E-state index contributed by atoms with van der Waals surface area (Å²) in [5, 5.41) is 6.52. The lowest BCUT2D eigenvalue weighted by molar-refractivity contribution is 0.0487. The van der Waals surface area contributed by atoms with Crippen LogP contribution in [0.2, 0.25) is 0 Å². The summed E-state index contributed by atoms with van der Waals surface area (Å²) < 4.78 is 11.6. The zero-order valence-electron chi connectivity index (χ0n) is 15.4. The van der Waals surface area contributed by atoms with E-state index in [2.05, 4.69) is 27.5 Å². The normalized spacial score (nSPS) is 16.3. The van der Waals surface area contributed by atoms with E-state index < -0.39 is 0 Å². The fourth-order valence-corrected chi connectivity index (χ4v) is 2.90. The van der Waals surface area contributed by atoms with E-state index in [1.807, 2.05) is 12.1 Å². The average molecular weight is 348 g/mol. The number of nitrogens with zero attached hydrogens (tertiary/aromatic N) is 2. The molecule has 0 aliphatic heterocycles. The molecule has 0 saturated heterocycles. The van der Waals surface area contributed by atoms with E-state index in [1.165, 1.54) is 38.5 Å². The third kappa shape index (κ3) is 8.72. The van der Waals surface area contributed by atoms with Crippen molar-refractivity contribution in [3.63, 3.8) is 0 Å². The predicted octanol–water partition coefficient (Wildman–Crippen LogP) is 2.75. The molecule has 6 nitrogen and oxygen atoms in total. The molecule has 25 heavy (non-hydrogen) atoms. The highest BCUT2D eigenvalue weighted by Crippen LogP contribution is 2.19. The molecule has 1 aromatic rings. The molecule has 1 saturated carbocycles. The van der Waals surface area contributed by atoms with Gasteiger partial charge in [0.25, 0.3) is 0 Å². The number of nitrogens with one attached hydrogen (secondary N) is 2. The Morgan fingerprint density at radius 3 is 2.76 bits per heavy atom. The smallest absolute Gasteiger partial charge is 0.191 e. The molecule has 1 aromatic heterocycles. The molecule has 0 amide bonds. The van der Waals surface area contributed by atoms with Gasteiger partial charge in [-0.25, -0.2) is 0 Å². The predicted molar refractivity (Wildman–Crippen MR) is 101 cm³/mol. The second-order valence-electron chi connectivity index (χ2n) is 6.21. The molecular weight excluding hydrogens is 316 g/mol. The van der Waals surface area contributed by atoms with Crippen molar-refractivity contribution >= 4 is 5.96 Å². The lowest BCUT2D eigenvalue weighted by Crippen LogP contribution is -2.39. The summed E-state index contributed by atoms with van der Waals surface area (Å²) >= 11 is 0. The van der Waals surface area contributed by atoms with Gasteiger partial charge in [-0.1, -0.05) is 25.7 Å². The minimum Gasteiger partial charge on any atom is -0.490 e. The largest absolute Gasteiger partial charge is 0.490 e. The Balaban J connectivity index is 1.61. The topological polar surface area (TPSA) is 67.8 Å². The first-order valence-corrected chi connectivity index (χ1v) is 9.55. The lowest BCUT2D eigenvalue weighted by Gasteiger charge is -2.15. The van der Waals surface area contributed by atoms with Gasteiger partial charge in [0.1, 0.15) is 12.4 Å². The number of aromatic nitrogens is 1. The molecule has 0 bridgehead atoms. The number of hydrogen-bond donors (Lipinski definition) is 2. The first kappa shape index (κ1) is 19.5. The number of aliphatic imine (C=N–C) groups is 1. The molecule has 1 aliphatic carbocycles. The Bertz CT molecular complexity index is 474. The van der Waals surface area contributed by atoms with Crippen LogP contribution in [0.3, 0.4) is 0 Å². The van der Waals surface area contributed by atoms with E-state index >= 15 is 0 Å². The first-order valence-electron chi connectivity index (χ1n) is 9.55. The van der Waals surface area contributed by atoms with Crippen molar-refractivity contribution < 1.29 is 9.47 Å². The summed E-state index contributed by atoms with van der Waals surface area (Å²) in [4.78, 5) is 8.59. The number of rotatable bonds is 9. The number of hydrogen-bond acceptors (Lipinski definition) is 4.